The lowest BCUT2D eigenvalue weighted by Gasteiger charge is -2.36. The zero-order valence-corrected chi connectivity index (χ0v) is 12.9. The molecule has 1 heterocycles. The van der Waals surface area contributed by atoms with Crippen LogP contribution in [0.15, 0.2) is 16.6 Å². The van der Waals surface area contributed by atoms with E-state index in [1.165, 1.54) is 16.8 Å². The minimum Gasteiger partial charge on any atom is -0.377 e. The predicted octanol–water partition coefficient (Wildman–Crippen LogP) is 3.63. The molecule has 4 heteroatoms. The molecule has 1 aliphatic rings. The second-order valence-corrected chi connectivity index (χ2v) is 6.19. The molecule has 2 rings (SSSR count). The molecule has 0 unspecified atom stereocenters. The highest BCUT2D eigenvalue weighted by Gasteiger charge is 2.28. The van der Waals surface area contributed by atoms with E-state index in [4.69, 9.17) is 9.47 Å². The lowest BCUT2D eigenvalue weighted by molar-refractivity contribution is -0.247. The van der Waals surface area contributed by atoms with Crippen LogP contribution in [0.5, 0.6) is 0 Å². The van der Waals surface area contributed by atoms with Gasteiger partial charge in [0.1, 0.15) is 0 Å². The van der Waals surface area contributed by atoms with Gasteiger partial charge in [-0.3, -0.25) is 0 Å². The number of nitrogens with one attached hydrogen (secondary N) is 1. The molecule has 0 bridgehead atoms. The van der Waals surface area contributed by atoms with Gasteiger partial charge in [0.2, 0.25) is 0 Å². The molecule has 1 aromatic rings. The van der Waals surface area contributed by atoms with Crippen molar-refractivity contribution < 1.29 is 9.47 Å². The largest absolute Gasteiger partial charge is 0.377 e. The average molecular weight is 314 g/mol. The van der Waals surface area contributed by atoms with Gasteiger partial charge in [0.15, 0.2) is 5.79 Å². The Morgan fingerprint density at radius 1 is 1.17 bits per heavy atom. The maximum atomic E-state index is 5.66. The smallest absolute Gasteiger partial charge is 0.162 e. The Hall–Kier alpha value is -0.580. The summed E-state index contributed by atoms with van der Waals surface area (Å²) < 4.78 is 12.4. The summed E-state index contributed by atoms with van der Waals surface area (Å²) in [7, 11) is 0. The first kappa shape index (κ1) is 13.8. The lowest BCUT2D eigenvalue weighted by atomic mass is 10.1. The van der Waals surface area contributed by atoms with Gasteiger partial charge in [-0.05, 0) is 51.0 Å². The van der Waals surface area contributed by atoms with Crippen LogP contribution in [0.2, 0.25) is 0 Å². The Kier molecular flexibility index (Phi) is 3.99. The molecule has 0 atom stereocenters. The molecule has 0 spiro atoms. The Labute approximate surface area is 117 Å². The fourth-order valence-electron chi connectivity index (χ4n) is 2.12. The highest BCUT2D eigenvalue weighted by atomic mass is 79.9. The van der Waals surface area contributed by atoms with E-state index < -0.39 is 5.79 Å². The van der Waals surface area contributed by atoms with Crippen LogP contribution in [0.25, 0.3) is 0 Å². The minimum atomic E-state index is -0.456. The van der Waals surface area contributed by atoms with Crippen molar-refractivity contribution in [2.45, 2.75) is 39.5 Å². The van der Waals surface area contributed by atoms with Crippen LogP contribution in [0.1, 0.15) is 25.0 Å². The summed E-state index contributed by atoms with van der Waals surface area (Å²) in [5.41, 5.74) is 3.63. The summed E-state index contributed by atoms with van der Waals surface area (Å²) in [5, 5.41) is 3.51. The molecule has 0 saturated carbocycles. The first-order chi connectivity index (χ1) is 8.37. The van der Waals surface area contributed by atoms with Gasteiger partial charge >= 0.3 is 0 Å². The molecule has 0 amide bonds. The Morgan fingerprint density at radius 2 is 1.67 bits per heavy atom. The Balaban J connectivity index is 2.07. The fourth-order valence-corrected chi connectivity index (χ4v) is 2.80. The molecule has 1 N–H and O–H groups in total. The summed E-state index contributed by atoms with van der Waals surface area (Å²) in [6, 6.07) is 4.43. The lowest BCUT2D eigenvalue weighted by Crippen LogP contribution is -2.45. The molecule has 1 fully saturated rings. The number of halogens is 1. The van der Waals surface area contributed by atoms with Crippen LogP contribution < -0.4 is 5.32 Å². The first-order valence-electron chi connectivity index (χ1n) is 6.18. The number of benzene rings is 1. The number of ether oxygens (including phenoxy) is 2. The standard InChI is InChI=1S/C14H20BrNO2/c1-9-5-11(15)6-10(2)13(9)16-12-7-17-14(3,4)18-8-12/h5-6,12,16H,7-8H2,1-4H3. The van der Waals surface area contributed by atoms with Crippen molar-refractivity contribution in [3.8, 4) is 0 Å². The summed E-state index contributed by atoms with van der Waals surface area (Å²) in [4.78, 5) is 0. The molecule has 1 aromatic carbocycles. The fraction of sp³-hybridized carbons (Fsp3) is 0.571. The zero-order valence-electron chi connectivity index (χ0n) is 11.3. The van der Waals surface area contributed by atoms with E-state index in [-0.39, 0.29) is 6.04 Å². The van der Waals surface area contributed by atoms with Crippen LogP contribution in [-0.2, 0) is 9.47 Å². The summed E-state index contributed by atoms with van der Waals surface area (Å²) in [6.45, 7) is 9.44. The third-order valence-corrected chi connectivity index (χ3v) is 3.57. The molecular weight excluding hydrogens is 294 g/mol. The van der Waals surface area contributed by atoms with E-state index in [1.807, 2.05) is 13.8 Å². The molecule has 0 radical (unpaired) electrons. The van der Waals surface area contributed by atoms with Crippen LogP contribution in [-0.4, -0.2) is 25.0 Å². The molecule has 18 heavy (non-hydrogen) atoms. The van der Waals surface area contributed by atoms with Crippen LogP contribution in [0.4, 0.5) is 5.69 Å². The van der Waals surface area contributed by atoms with Gasteiger partial charge in [0.25, 0.3) is 0 Å². The summed E-state index contributed by atoms with van der Waals surface area (Å²) in [6.07, 6.45) is 0. The second kappa shape index (κ2) is 5.19. The average Bonchev–Trinajstić information content (AvgIpc) is 2.25. The zero-order chi connectivity index (χ0) is 13.3. The van der Waals surface area contributed by atoms with Gasteiger partial charge in [-0.2, -0.15) is 0 Å². The minimum absolute atomic E-state index is 0.205. The van der Waals surface area contributed by atoms with Gasteiger partial charge < -0.3 is 14.8 Å². The van der Waals surface area contributed by atoms with E-state index >= 15 is 0 Å². The van der Waals surface area contributed by atoms with E-state index in [9.17, 15) is 0 Å². The van der Waals surface area contributed by atoms with Gasteiger partial charge in [-0.1, -0.05) is 15.9 Å². The molecule has 0 aromatic heterocycles. The van der Waals surface area contributed by atoms with Crippen molar-refractivity contribution in [3.05, 3.63) is 27.7 Å². The van der Waals surface area contributed by atoms with Crippen molar-refractivity contribution in [1.29, 1.82) is 0 Å². The molecule has 0 aliphatic carbocycles. The molecule has 1 aliphatic heterocycles. The van der Waals surface area contributed by atoms with E-state index in [0.717, 1.165) is 4.47 Å². The van der Waals surface area contributed by atoms with Crippen molar-refractivity contribution in [3.63, 3.8) is 0 Å². The quantitative estimate of drug-likeness (QED) is 0.904. The number of rotatable bonds is 2. The molecule has 3 nitrogen and oxygen atoms in total. The van der Waals surface area contributed by atoms with Crippen molar-refractivity contribution in [1.82, 2.24) is 0 Å². The number of hydrogen-bond acceptors (Lipinski definition) is 3. The highest BCUT2D eigenvalue weighted by Crippen LogP contribution is 2.27. The third kappa shape index (κ3) is 3.25. The topological polar surface area (TPSA) is 30.5 Å². The summed E-state index contributed by atoms with van der Waals surface area (Å²) in [5.74, 6) is -0.456. The normalized spacial score (nSPS) is 19.8. The van der Waals surface area contributed by atoms with E-state index in [1.54, 1.807) is 0 Å². The monoisotopic (exact) mass is 313 g/mol. The van der Waals surface area contributed by atoms with Gasteiger partial charge in [-0.25, -0.2) is 0 Å². The van der Waals surface area contributed by atoms with Gasteiger partial charge in [0.05, 0.1) is 19.3 Å². The number of hydrogen-bond donors (Lipinski definition) is 1. The first-order valence-corrected chi connectivity index (χ1v) is 6.98. The number of aryl methyl sites for hydroxylation is 2. The van der Waals surface area contributed by atoms with E-state index in [0.29, 0.717) is 13.2 Å². The SMILES string of the molecule is Cc1cc(Br)cc(C)c1NC1COC(C)(C)OC1. The predicted molar refractivity (Wildman–Crippen MR) is 77.0 cm³/mol. The van der Waals surface area contributed by atoms with Crippen LogP contribution in [0, 0.1) is 13.8 Å². The summed E-state index contributed by atoms with van der Waals surface area (Å²) >= 11 is 3.51. The van der Waals surface area contributed by atoms with Crippen molar-refractivity contribution in [2.75, 3.05) is 18.5 Å². The third-order valence-electron chi connectivity index (χ3n) is 3.11. The molecular formula is C14H20BrNO2. The van der Waals surface area contributed by atoms with Crippen molar-refractivity contribution >= 4 is 21.6 Å². The Morgan fingerprint density at radius 3 is 2.17 bits per heavy atom. The maximum Gasteiger partial charge on any atom is 0.162 e. The van der Waals surface area contributed by atoms with Gasteiger partial charge in [0, 0.05) is 10.2 Å². The van der Waals surface area contributed by atoms with Gasteiger partial charge in [-0.15, -0.1) is 0 Å². The van der Waals surface area contributed by atoms with Crippen molar-refractivity contribution in [2.24, 2.45) is 0 Å². The second-order valence-electron chi connectivity index (χ2n) is 5.28. The van der Waals surface area contributed by atoms with E-state index in [2.05, 4.69) is 47.2 Å². The highest BCUT2D eigenvalue weighted by molar-refractivity contribution is 9.10. The van der Waals surface area contributed by atoms with Crippen LogP contribution in [0.3, 0.4) is 0 Å². The van der Waals surface area contributed by atoms with Crippen LogP contribution >= 0.6 is 15.9 Å². The maximum absolute atomic E-state index is 5.66. The molecule has 100 valence electrons. The Bertz CT molecular complexity index is 412. The number of anilines is 1. The molecule has 1 saturated heterocycles.